The maximum Gasteiger partial charge on any atom is 0.416 e. The molecule has 0 radical (unpaired) electrons. The standard InChI is InChI=1S/C17H16F3N3S2/c1-11(2)23-15(14-7-4-8-24-14)21-22-16(23)25-10-12-5-3-6-13(9-12)17(18,19)20/h3-9,11H,10H2,1-2H3. The number of aromatic nitrogens is 3. The Morgan fingerprint density at radius 3 is 2.60 bits per heavy atom. The van der Waals surface area contributed by atoms with Crippen molar-refractivity contribution in [3.63, 3.8) is 0 Å². The molecule has 0 aliphatic heterocycles. The number of alkyl halides is 3. The van der Waals surface area contributed by atoms with E-state index in [-0.39, 0.29) is 6.04 Å². The third-order valence-electron chi connectivity index (χ3n) is 3.54. The molecule has 0 unspecified atom stereocenters. The molecule has 25 heavy (non-hydrogen) atoms. The highest BCUT2D eigenvalue weighted by atomic mass is 32.2. The molecule has 0 saturated carbocycles. The normalized spacial score (nSPS) is 12.1. The van der Waals surface area contributed by atoms with Crippen LogP contribution in [-0.2, 0) is 11.9 Å². The fourth-order valence-electron chi connectivity index (χ4n) is 2.40. The SMILES string of the molecule is CC(C)n1c(SCc2cccc(C(F)(F)F)c2)nnc1-c1cccs1. The van der Waals surface area contributed by atoms with Crippen LogP contribution >= 0.6 is 23.1 Å². The van der Waals surface area contributed by atoms with Crippen LogP contribution in [0.3, 0.4) is 0 Å². The average Bonchev–Trinajstić information content (AvgIpc) is 3.21. The Morgan fingerprint density at radius 2 is 1.96 bits per heavy atom. The Balaban J connectivity index is 1.82. The van der Waals surface area contributed by atoms with Crippen LogP contribution in [0.25, 0.3) is 10.7 Å². The Bertz CT molecular complexity index is 839. The molecule has 0 aliphatic rings. The highest BCUT2D eigenvalue weighted by molar-refractivity contribution is 7.98. The highest BCUT2D eigenvalue weighted by Crippen LogP contribution is 2.33. The minimum atomic E-state index is -4.33. The molecule has 1 aromatic carbocycles. The van der Waals surface area contributed by atoms with Gasteiger partial charge in [0.25, 0.3) is 0 Å². The molecule has 2 heterocycles. The highest BCUT2D eigenvalue weighted by Gasteiger charge is 2.30. The molecule has 0 spiro atoms. The summed E-state index contributed by atoms with van der Waals surface area (Å²) in [6.45, 7) is 4.07. The quantitative estimate of drug-likeness (QED) is 0.514. The van der Waals surface area contributed by atoms with Gasteiger partial charge in [0, 0.05) is 11.8 Å². The van der Waals surface area contributed by atoms with Crippen molar-refractivity contribution < 1.29 is 13.2 Å². The summed E-state index contributed by atoms with van der Waals surface area (Å²) in [6, 6.07) is 9.48. The predicted octanol–water partition coefficient (Wildman–Crippen LogP) is 5.90. The van der Waals surface area contributed by atoms with Crippen molar-refractivity contribution in [1.82, 2.24) is 14.8 Å². The molecular weight excluding hydrogens is 367 g/mol. The Labute approximate surface area is 151 Å². The monoisotopic (exact) mass is 383 g/mol. The summed E-state index contributed by atoms with van der Waals surface area (Å²) in [5.74, 6) is 1.19. The minimum absolute atomic E-state index is 0.149. The van der Waals surface area contributed by atoms with Gasteiger partial charge in [-0.25, -0.2) is 0 Å². The molecule has 0 bridgehead atoms. The lowest BCUT2D eigenvalue weighted by molar-refractivity contribution is -0.137. The second kappa shape index (κ2) is 7.21. The molecule has 0 fully saturated rings. The predicted molar refractivity (Wildman–Crippen MR) is 94.7 cm³/mol. The van der Waals surface area contributed by atoms with Crippen LogP contribution < -0.4 is 0 Å². The maximum absolute atomic E-state index is 12.8. The van der Waals surface area contributed by atoms with Crippen LogP contribution in [0.5, 0.6) is 0 Å². The van der Waals surface area contributed by atoms with Gasteiger partial charge in [0.1, 0.15) is 0 Å². The van der Waals surface area contributed by atoms with Crippen molar-refractivity contribution in [1.29, 1.82) is 0 Å². The zero-order valence-electron chi connectivity index (χ0n) is 13.6. The van der Waals surface area contributed by atoms with Gasteiger partial charge in [-0.2, -0.15) is 13.2 Å². The minimum Gasteiger partial charge on any atom is -0.299 e. The van der Waals surface area contributed by atoms with Gasteiger partial charge in [0.05, 0.1) is 10.4 Å². The molecular formula is C17H16F3N3S2. The average molecular weight is 383 g/mol. The second-order valence-corrected chi connectivity index (χ2v) is 7.62. The zero-order valence-corrected chi connectivity index (χ0v) is 15.3. The second-order valence-electron chi connectivity index (χ2n) is 5.73. The van der Waals surface area contributed by atoms with E-state index in [1.807, 2.05) is 35.9 Å². The maximum atomic E-state index is 12.8. The third-order valence-corrected chi connectivity index (χ3v) is 5.42. The fourth-order valence-corrected chi connectivity index (χ4v) is 4.12. The molecule has 0 atom stereocenters. The number of rotatable bonds is 5. The van der Waals surface area contributed by atoms with Gasteiger partial charge < -0.3 is 0 Å². The molecule has 2 aromatic heterocycles. The summed E-state index contributed by atoms with van der Waals surface area (Å²) in [6.07, 6.45) is -4.33. The van der Waals surface area contributed by atoms with Crippen LogP contribution in [-0.4, -0.2) is 14.8 Å². The van der Waals surface area contributed by atoms with E-state index in [9.17, 15) is 13.2 Å². The zero-order chi connectivity index (χ0) is 18.0. The Kier molecular flexibility index (Phi) is 5.19. The molecule has 0 amide bonds. The van der Waals surface area contributed by atoms with Crippen LogP contribution in [0.1, 0.15) is 31.0 Å². The topological polar surface area (TPSA) is 30.7 Å². The van der Waals surface area contributed by atoms with E-state index in [0.717, 1.165) is 16.8 Å². The number of halogens is 3. The number of hydrogen-bond acceptors (Lipinski definition) is 4. The molecule has 132 valence electrons. The van der Waals surface area contributed by atoms with Gasteiger partial charge in [-0.05, 0) is 36.9 Å². The van der Waals surface area contributed by atoms with Crippen molar-refractivity contribution >= 4 is 23.1 Å². The summed E-state index contributed by atoms with van der Waals surface area (Å²) >= 11 is 2.98. The number of hydrogen-bond donors (Lipinski definition) is 0. The first kappa shape index (κ1) is 18.0. The van der Waals surface area contributed by atoms with Gasteiger partial charge in [0.2, 0.25) is 0 Å². The van der Waals surface area contributed by atoms with Crippen LogP contribution in [0.2, 0.25) is 0 Å². The van der Waals surface area contributed by atoms with E-state index >= 15 is 0 Å². The molecule has 3 aromatic rings. The largest absolute Gasteiger partial charge is 0.416 e. The van der Waals surface area contributed by atoms with Gasteiger partial charge in [-0.3, -0.25) is 4.57 Å². The third kappa shape index (κ3) is 4.07. The van der Waals surface area contributed by atoms with Gasteiger partial charge >= 0.3 is 6.18 Å². The summed E-state index contributed by atoms with van der Waals surface area (Å²) in [5.41, 5.74) is -0.0222. The first-order valence-electron chi connectivity index (χ1n) is 7.64. The van der Waals surface area contributed by atoms with Gasteiger partial charge in [-0.1, -0.05) is 36.0 Å². The van der Waals surface area contributed by atoms with Crippen molar-refractivity contribution in [2.75, 3.05) is 0 Å². The number of thiophene rings is 1. The van der Waals surface area contributed by atoms with E-state index in [1.54, 1.807) is 17.4 Å². The van der Waals surface area contributed by atoms with Crippen LogP contribution in [0.15, 0.2) is 46.9 Å². The lowest BCUT2D eigenvalue weighted by Gasteiger charge is -2.13. The lowest BCUT2D eigenvalue weighted by atomic mass is 10.1. The fraction of sp³-hybridized carbons (Fsp3) is 0.294. The van der Waals surface area contributed by atoms with Crippen LogP contribution in [0.4, 0.5) is 13.2 Å². The van der Waals surface area contributed by atoms with E-state index in [4.69, 9.17) is 0 Å². The molecule has 0 aliphatic carbocycles. The summed E-state index contributed by atoms with van der Waals surface area (Å²) < 4.78 is 40.5. The van der Waals surface area contributed by atoms with Crippen LogP contribution in [0, 0.1) is 0 Å². The first-order valence-corrected chi connectivity index (χ1v) is 9.50. The van der Waals surface area contributed by atoms with Crippen molar-refractivity contribution in [3.05, 3.63) is 52.9 Å². The first-order chi connectivity index (χ1) is 11.9. The Morgan fingerprint density at radius 1 is 1.16 bits per heavy atom. The van der Waals surface area contributed by atoms with Gasteiger partial charge in [0.15, 0.2) is 11.0 Å². The smallest absolute Gasteiger partial charge is 0.299 e. The van der Waals surface area contributed by atoms with E-state index < -0.39 is 11.7 Å². The van der Waals surface area contributed by atoms with Crippen molar-refractivity contribution in [3.8, 4) is 10.7 Å². The molecule has 8 heteroatoms. The van der Waals surface area contributed by atoms with E-state index in [2.05, 4.69) is 10.2 Å². The van der Waals surface area contributed by atoms with E-state index in [0.29, 0.717) is 16.5 Å². The Hall–Kier alpha value is -1.80. The molecule has 0 N–H and O–H groups in total. The summed E-state index contributed by atoms with van der Waals surface area (Å²) in [5, 5.41) is 11.2. The van der Waals surface area contributed by atoms with Gasteiger partial charge in [-0.15, -0.1) is 21.5 Å². The summed E-state index contributed by atoms with van der Waals surface area (Å²) in [4.78, 5) is 1.02. The van der Waals surface area contributed by atoms with E-state index in [1.165, 1.54) is 23.9 Å². The molecule has 0 saturated heterocycles. The number of nitrogens with zero attached hydrogens (tertiary/aromatic N) is 3. The number of benzene rings is 1. The number of thioether (sulfide) groups is 1. The molecule has 3 rings (SSSR count). The van der Waals surface area contributed by atoms with Crippen molar-refractivity contribution in [2.45, 2.75) is 37.0 Å². The van der Waals surface area contributed by atoms with Crippen molar-refractivity contribution in [2.24, 2.45) is 0 Å². The lowest BCUT2D eigenvalue weighted by Crippen LogP contribution is -2.06. The molecule has 3 nitrogen and oxygen atoms in total. The summed E-state index contributed by atoms with van der Waals surface area (Å²) in [7, 11) is 0.